The van der Waals surface area contributed by atoms with Crippen LogP contribution in [0.4, 0.5) is 17.6 Å². The number of carbonyl (C=O) groups excluding carboxylic acids is 1. The first kappa shape index (κ1) is 18.3. The van der Waals surface area contributed by atoms with E-state index in [9.17, 15) is 22.4 Å². The lowest BCUT2D eigenvalue weighted by molar-refractivity contribution is -0.140. The first-order chi connectivity index (χ1) is 11.2. The lowest BCUT2D eigenvalue weighted by Gasteiger charge is -2.11. The molecule has 128 valence electrons. The Balaban J connectivity index is 2.12. The molecule has 0 heterocycles. The van der Waals surface area contributed by atoms with Crippen LogP contribution in [0.5, 0.6) is 5.75 Å². The van der Waals surface area contributed by atoms with E-state index in [1.165, 1.54) is 7.11 Å². The van der Waals surface area contributed by atoms with Crippen LogP contribution in [0.3, 0.4) is 0 Å². The molecule has 2 rings (SSSR count). The summed E-state index contributed by atoms with van der Waals surface area (Å²) in [6.45, 7) is 0.0974. The van der Waals surface area contributed by atoms with Gasteiger partial charge in [-0.15, -0.1) is 0 Å². The molecule has 0 bridgehead atoms. The van der Waals surface area contributed by atoms with E-state index >= 15 is 0 Å². The third kappa shape index (κ3) is 4.25. The average Bonchev–Trinajstić information content (AvgIpc) is 2.52. The van der Waals surface area contributed by atoms with Gasteiger partial charge in [-0.1, -0.05) is 6.07 Å². The molecule has 0 spiro atoms. The number of hydrogen-bond donors (Lipinski definition) is 1. The van der Waals surface area contributed by atoms with Gasteiger partial charge in [0.25, 0.3) is 5.91 Å². The quantitative estimate of drug-likeness (QED) is 0.758. The standard InChI is InChI=1S/C16H12BrF4NO2/c1-24-14-5-2-9(6-12(14)17)8-22-15(23)10-3-4-13(18)11(7-10)16(19,20)21/h2-7H,8H2,1H3,(H,22,23). The molecular formula is C16H12BrF4NO2. The number of amides is 1. The van der Waals surface area contributed by atoms with Crippen molar-refractivity contribution in [2.45, 2.75) is 12.7 Å². The van der Waals surface area contributed by atoms with Crippen LogP contribution in [-0.4, -0.2) is 13.0 Å². The maximum absolute atomic E-state index is 13.2. The SMILES string of the molecule is COc1ccc(CNC(=O)c2ccc(F)c(C(F)(F)F)c2)cc1Br. The molecule has 1 N–H and O–H groups in total. The number of benzene rings is 2. The lowest BCUT2D eigenvalue weighted by Crippen LogP contribution is -2.23. The maximum atomic E-state index is 13.2. The Labute approximate surface area is 143 Å². The van der Waals surface area contributed by atoms with Crippen molar-refractivity contribution in [3.63, 3.8) is 0 Å². The molecule has 2 aromatic carbocycles. The van der Waals surface area contributed by atoms with Gasteiger partial charge in [-0.3, -0.25) is 4.79 Å². The molecule has 2 aromatic rings. The molecule has 0 aliphatic rings. The third-order valence-electron chi connectivity index (χ3n) is 3.20. The fourth-order valence-electron chi connectivity index (χ4n) is 1.99. The smallest absolute Gasteiger partial charge is 0.419 e. The van der Waals surface area contributed by atoms with Crippen LogP contribution in [0.25, 0.3) is 0 Å². The van der Waals surface area contributed by atoms with Gasteiger partial charge in [0.15, 0.2) is 0 Å². The van der Waals surface area contributed by atoms with Crippen LogP contribution in [0.2, 0.25) is 0 Å². The summed E-state index contributed by atoms with van der Waals surface area (Å²) >= 11 is 3.29. The van der Waals surface area contributed by atoms with E-state index in [4.69, 9.17) is 4.74 Å². The lowest BCUT2D eigenvalue weighted by atomic mass is 10.1. The number of ether oxygens (including phenoxy) is 1. The summed E-state index contributed by atoms with van der Waals surface area (Å²) in [7, 11) is 1.51. The Kier molecular flexibility index (Phi) is 5.48. The number of rotatable bonds is 4. The zero-order chi connectivity index (χ0) is 17.9. The zero-order valence-corrected chi connectivity index (χ0v) is 14.0. The second-order valence-corrected chi connectivity index (χ2v) is 5.70. The number of carbonyl (C=O) groups is 1. The highest BCUT2D eigenvalue weighted by molar-refractivity contribution is 9.10. The first-order valence-electron chi connectivity index (χ1n) is 6.69. The van der Waals surface area contributed by atoms with Crippen molar-refractivity contribution in [1.29, 1.82) is 0 Å². The van der Waals surface area contributed by atoms with Crippen molar-refractivity contribution in [2.75, 3.05) is 7.11 Å². The second kappa shape index (κ2) is 7.21. The van der Waals surface area contributed by atoms with Gasteiger partial charge in [0.1, 0.15) is 11.6 Å². The molecule has 0 unspecified atom stereocenters. The molecule has 0 aliphatic heterocycles. The van der Waals surface area contributed by atoms with E-state index in [-0.39, 0.29) is 12.1 Å². The fraction of sp³-hybridized carbons (Fsp3) is 0.188. The number of hydrogen-bond acceptors (Lipinski definition) is 2. The zero-order valence-electron chi connectivity index (χ0n) is 12.4. The number of alkyl halides is 3. The van der Waals surface area contributed by atoms with Crippen LogP contribution in [0, 0.1) is 5.82 Å². The Morgan fingerprint density at radius 2 is 1.92 bits per heavy atom. The van der Waals surface area contributed by atoms with Gasteiger partial charge in [0.2, 0.25) is 0 Å². The van der Waals surface area contributed by atoms with E-state index in [0.29, 0.717) is 27.9 Å². The third-order valence-corrected chi connectivity index (χ3v) is 3.82. The van der Waals surface area contributed by atoms with Gasteiger partial charge in [-0.2, -0.15) is 13.2 Å². The van der Waals surface area contributed by atoms with Gasteiger partial charge >= 0.3 is 6.18 Å². The monoisotopic (exact) mass is 405 g/mol. The van der Waals surface area contributed by atoms with Crippen molar-refractivity contribution in [3.8, 4) is 5.75 Å². The molecule has 0 saturated carbocycles. The Morgan fingerprint density at radius 3 is 2.50 bits per heavy atom. The summed E-state index contributed by atoms with van der Waals surface area (Å²) in [6.07, 6.45) is -4.86. The summed E-state index contributed by atoms with van der Waals surface area (Å²) in [6, 6.07) is 7.23. The van der Waals surface area contributed by atoms with E-state index in [1.54, 1.807) is 18.2 Å². The summed E-state index contributed by atoms with van der Waals surface area (Å²) in [5.41, 5.74) is -1.02. The van der Waals surface area contributed by atoms with Crippen molar-refractivity contribution < 1.29 is 27.1 Å². The molecule has 8 heteroatoms. The Bertz CT molecular complexity index is 762. The van der Waals surface area contributed by atoms with Gasteiger partial charge in [0.05, 0.1) is 17.1 Å². The minimum Gasteiger partial charge on any atom is -0.496 e. The number of methoxy groups -OCH3 is 1. The van der Waals surface area contributed by atoms with E-state index in [0.717, 1.165) is 6.07 Å². The number of nitrogens with one attached hydrogen (secondary N) is 1. The molecule has 24 heavy (non-hydrogen) atoms. The molecule has 3 nitrogen and oxygen atoms in total. The Morgan fingerprint density at radius 1 is 1.21 bits per heavy atom. The van der Waals surface area contributed by atoms with Gasteiger partial charge in [0, 0.05) is 12.1 Å². The summed E-state index contributed by atoms with van der Waals surface area (Å²) in [4.78, 5) is 12.0. The molecule has 0 saturated heterocycles. The minimum atomic E-state index is -4.86. The van der Waals surface area contributed by atoms with Crippen LogP contribution >= 0.6 is 15.9 Å². The van der Waals surface area contributed by atoms with E-state index in [1.807, 2.05) is 0 Å². The summed E-state index contributed by atoms with van der Waals surface area (Å²) in [5, 5.41) is 2.49. The Hall–Kier alpha value is -2.09. The van der Waals surface area contributed by atoms with Gasteiger partial charge in [-0.25, -0.2) is 4.39 Å². The van der Waals surface area contributed by atoms with Crippen molar-refractivity contribution in [3.05, 3.63) is 63.4 Å². The molecule has 0 fully saturated rings. The van der Waals surface area contributed by atoms with Crippen LogP contribution < -0.4 is 10.1 Å². The maximum Gasteiger partial charge on any atom is 0.419 e. The normalized spacial score (nSPS) is 11.2. The average molecular weight is 406 g/mol. The van der Waals surface area contributed by atoms with Crippen molar-refractivity contribution >= 4 is 21.8 Å². The van der Waals surface area contributed by atoms with Gasteiger partial charge < -0.3 is 10.1 Å². The molecule has 0 aromatic heterocycles. The highest BCUT2D eigenvalue weighted by Gasteiger charge is 2.34. The van der Waals surface area contributed by atoms with Crippen molar-refractivity contribution in [1.82, 2.24) is 5.32 Å². The molecule has 0 aliphatic carbocycles. The summed E-state index contributed by atoms with van der Waals surface area (Å²) < 4.78 is 57.0. The molecule has 0 atom stereocenters. The highest BCUT2D eigenvalue weighted by atomic mass is 79.9. The second-order valence-electron chi connectivity index (χ2n) is 4.84. The predicted molar refractivity (Wildman–Crippen MR) is 83.3 cm³/mol. The first-order valence-corrected chi connectivity index (χ1v) is 7.49. The van der Waals surface area contributed by atoms with Crippen molar-refractivity contribution in [2.24, 2.45) is 0 Å². The molecular weight excluding hydrogens is 394 g/mol. The van der Waals surface area contributed by atoms with Gasteiger partial charge in [-0.05, 0) is 51.8 Å². The van der Waals surface area contributed by atoms with E-state index < -0.39 is 23.5 Å². The van der Waals surface area contributed by atoms with E-state index in [2.05, 4.69) is 21.2 Å². The van der Waals surface area contributed by atoms with Crippen LogP contribution in [0.15, 0.2) is 40.9 Å². The topological polar surface area (TPSA) is 38.3 Å². The predicted octanol–water partition coefficient (Wildman–Crippen LogP) is 4.55. The fourth-order valence-corrected chi connectivity index (χ4v) is 2.58. The van der Waals surface area contributed by atoms with Crippen LogP contribution in [-0.2, 0) is 12.7 Å². The highest BCUT2D eigenvalue weighted by Crippen LogP contribution is 2.32. The van der Waals surface area contributed by atoms with Crippen LogP contribution in [0.1, 0.15) is 21.5 Å². The molecule has 1 amide bonds. The molecule has 0 radical (unpaired) electrons. The minimum absolute atomic E-state index is 0.0974. The summed E-state index contributed by atoms with van der Waals surface area (Å²) in [5.74, 6) is -1.54. The number of halogens is 5. The largest absolute Gasteiger partial charge is 0.496 e.